The highest BCUT2D eigenvalue weighted by atomic mass is 79.9. The highest BCUT2D eigenvalue weighted by Crippen LogP contribution is 2.21. The minimum atomic E-state index is -0.548. The lowest BCUT2D eigenvalue weighted by molar-refractivity contribution is 0.177. The summed E-state index contributed by atoms with van der Waals surface area (Å²) in [7, 11) is 0. The molecule has 2 heterocycles. The van der Waals surface area contributed by atoms with Crippen LogP contribution < -0.4 is 0 Å². The van der Waals surface area contributed by atoms with Gasteiger partial charge in [-0.15, -0.1) is 0 Å². The van der Waals surface area contributed by atoms with Gasteiger partial charge in [-0.1, -0.05) is 0 Å². The summed E-state index contributed by atoms with van der Waals surface area (Å²) in [6, 6.07) is 3.79. The normalized spacial score (nSPS) is 12.7. The molecule has 2 rings (SSSR count). The van der Waals surface area contributed by atoms with Crippen molar-refractivity contribution >= 4 is 15.9 Å². The van der Waals surface area contributed by atoms with Gasteiger partial charge in [-0.05, 0) is 40.5 Å². The van der Waals surface area contributed by atoms with Crippen LogP contribution in [-0.4, -0.2) is 10.1 Å². The van der Waals surface area contributed by atoms with Crippen molar-refractivity contribution in [1.29, 1.82) is 0 Å². The van der Waals surface area contributed by atoms with Crippen molar-refractivity contribution in [1.82, 2.24) is 4.98 Å². The maximum atomic E-state index is 9.98. The summed E-state index contributed by atoms with van der Waals surface area (Å²) in [5.74, 6) is 0.807. The number of hydrogen-bond acceptors (Lipinski definition) is 3. The van der Waals surface area contributed by atoms with Crippen molar-refractivity contribution in [3.63, 3.8) is 0 Å². The van der Waals surface area contributed by atoms with Gasteiger partial charge in [0.25, 0.3) is 0 Å². The quantitative estimate of drug-likeness (QED) is 0.941. The molecular weight excluding hydrogens is 270 g/mol. The molecule has 0 saturated heterocycles. The SMILES string of the molecule is Cc1cc(C(O)Cc2cncc(Br)c2)co1. The Morgan fingerprint density at radius 2 is 2.25 bits per heavy atom. The van der Waals surface area contributed by atoms with E-state index in [2.05, 4.69) is 20.9 Å². The molecule has 0 aromatic carbocycles. The molecule has 2 aromatic rings. The van der Waals surface area contributed by atoms with E-state index in [-0.39, 0.29) is 0 Å². The molecule has 2 aromatic heterocycles. The van der Waals surface area contributed by atoms with Gasteiger partial charge in [0.1, 0.15) is 5.76 Å². The molecule has 0 amide bonds. The first-order valence-electron chi connectivity index (χ1n) is 4.97. The zero-order valence-electron chi connectivity index (χ0n) is 8.85. The molecule has 0 saturated carbocycles. The Morgan fingerprint density at radius 3 is 2.88 bits per heavy atom. The van der Waals surface area contributed by atoms with Gasteiger partial charge in [0.2, 0.25) is 0 Å². The van der Waals surface area contributed by atoms with Gasteiger partial charge in [0.15, 0.2) is 0 Å². The number of furan rings is 1. The zero-order chi connectivity index (χ0) is 11.5. The number of hydrogen-bond donors (Lipinski definition) is 1. The van der Waals surface area contributed by atoms with Crippen LogP contribution in [0.2, 0.25) is 0 Å². The monoisotopic (exact) mass is 281 g/mol. The molecule has 0 aliphatic heterocycles. The first kappa shape index (κ1) is 11.4. The van der Waals surface area contributed by atoms with E-state index in [1.54, 1.807) is 18.7 Å². The van der Waals surface area contributed by atoms with Crippen LogP contribution >= 0.6 is 15.9 Å². The fourth-order valence-electron chi connectivity index (χ4n) is 1.55. The van der Waals surface area contributed by atoms with Crippen molar-refractivity contribution < 1.29 is 9.52 Å². The van der Waals surface area contributed by atoms with Crippen LogP contribution in [0.1, 0.15) is 23.0 Å². The Hall–Kier alpha value is -1.13. The number of aliphatic hydroxyl groups excluding tert-OH is 1. The Kier molecular flexibility index (Phi) is 3.41. The molecule has 0 spiro atoms. The summed E-state index contributed by atoms with van der Waals surface area (Å²) in [5, 5.41) is 9.98. The average Bonchev–Trinajstić information content (AvgIpc) is 2.65. The fraction of sp³-hybridized carbons (Fsp3) is 0.250. The summed E-state index contributed by atoms with van der Waals surface area (Å²) in [6.07, 6.45) is 5.05. The topological polar surface area (TPSA) is 46.3 Å². The molecule has 1 unspecified atom stereocenters. The highest BCUT2D eigenvalue weighted by Gasteiger charge is 2.11. The van der Waals surface area contributed by atoms with Gasteiger partial charge in [-0.25, -0.2) is 0 Å². The number of nitrogens with zero attached hydrogens (tertiary/aromatic N) is 1. The van der Waals surface area contributed by atoms with E-state index in [0.29, 0.717) is 6.42 Å². The van der Waals surface area contributed by atoms with E-state index < -0.39 is 6.10 Å². The van der Waals surface area contributed by atoms with Crippen LogP contribution in [0, 0.1) is 6.92 Å². The second-order valence-corrected chi connectivity index (χ2v) is 4.64. The lowest BCUT2D eigenvalue weighted by atomic mass is 10.1. The summed E-state index contributed by atoms with van der Waals surface area (Å²) in [6.45, 7) is 1.86. The van der Waals surface area contributed by atoms with E-state index >= 15 is 0 Å². The maximum Gasteiger partial charge on any atom is 0.101 e. The minimum Gasteiger partial charge on any atom is -0.469 e. The zero-order valence-corrected chi connectivity index (χ0v) is 10.4. The number of pyridine rings is 1. The van der Waals surface area contributed by atoms with Gasteiger partial charge in [-0.2, -0.15) is 0 Å². The van der Waals surface area contributed by atoms with Crippen LogP contribution in [0.3, 0.4) is 0 Å². The van der Waals surface area contributed by atoms with Crippen molar-refractivity contribution in [3.8, 4) is 0 Å². The van der Waals surface area contributed by atoms with Crippen LogP contribution in [0.4, 0.5) is 0 Å². The number of aromatic nitrogens is 1. The van der Waals surface area contributed by atoms with Crippen molar-refractivity contribution in [2.75, 3.05) is 0 Å². The summed E-state index contributed by atoms with van der Waals surface area (Å²) < 4.78 is 6.08. The molecule has 3 nitrogen and oxygen atoms in total. The third kappa shape index (κ3) is 2.71. The van der Waals surface area contributed by atoms with E-state index in [1.807, 2.05) is 19.1 Å². The predicted molar refractivity (Wildman–Crippen MR) is 64.0 cm³/mol. The lowest BCUT2D eigenvalue weighted by Crippen LogP contribution is -2.00. The standard InChI is InChI=1S/C12H12BrNO2/c1-8-2-10(7-16-8)12(15)4-9-3-11(13)6-14-5-9/h2-3,5-7,12,15H,4H2,1H3. The Labute approximate surface area is 102 Å². The molecule has 84 valence electrons. The maximum absolute atomic E-state index is 9.98. The lowest BCUT2D eigenvalue weighted by Gasteiger charge is -2.07. The number of aryl methyl sites for hydroxylation is 1. The number of rotatable bonds is 3. The smallest absolute Gasteiger partial charge is 0.101 e. The molecule has 0 aliphatic carbocycles. The third-order valence-corrected chi connectivity index (χ3v) is 2.76. The van der Waals surface area contributed by atoms with Crippen LogP contribution in [0.15, 0.2) is 39.7 Å². The average molecular weight is 282 g/mol. The molecule has 1 atom stereocenters. The summed E-state index contributed by atoms with van der Waals surface area (Å²) in [4.78, 5) is 4.05. The van der Waals surface area contributed by atoms with Crippen LogP contribution in [-0.2, 0) is 6.42 Å². The van der Waals surface area contributed by atoms with Crippen LogP contribution in [0.5, 0.6) is 0 Å². The summed E-state index contributed by atoms with van der Waals surface area (Å²) >= 11 is 3.35. The molecule has 0 radical (unpaired) electrons. The Morgan fingerprint density at radius 1 is 1.44 bits per heavy atom. The second kappa shape index (κ2) is 4.80. The molecule has 0 bridgehead atoms. The first-order chi connectivity index (χ1) is 7.65. The van der Waals surface area contributed by atoms with E-state index in [0.717, 1.165) is 21.4 Å². The Balaban J connectivity index is 2.10. The van der Waals surface area contributed by atoms with Gasteiger partial charge >= 0.3 is 0 Å². The van der Waals surface area contributed by atoms with E-state index in [4.69, 9.17) is 4.42 Å². The van der Waals surface area contributed by atoms with Gasteiger partial charge in [0.05, 0.1) is 12.4 Å². The minimum absolute atomic E-state index is 0.533. The molecule has 16 heavy (non-hydrogen) atoms. The van der Waals surface area contributed by atoms with Crippen molar-refractivity contribution in [2.45, 2.75) is 19.4 Å². The number of halogens is 1. The predicted octanol–water partition coefficient (Wildman–Crippen LogP) is 3.02. The van der Waals surface area contributed by atoms with Gasteiger partial charge in [-0.3, -0.25) is 4.98 Å². The molecule has 4 heteroatoms. The third-order valence-electron chi connectivity index (χ3n) is 2.33. The fourth-order valence-corrected chi connectivity index (χ4v) is 1.96. The molecule has 0 aliphatic rings. The van der Waals surface area contributed by atoms with Gasteiger partial charge in [0, 0.05) is 28.9 Å². The summed E-state index contributed by atoms with van der Waals surface area (Å²) in [5.41, 5.74) is 1.79. The highest BCUT2D eigenvalue weighted by molar-refractivity contribution is 9.10. The first-order valence-corrected chi connectivity index (χ1v) is 5.77. The van der Waals surface area contributed by atoms with E-state index in [1.165, 1.54) is 0 Å². The largest absolute Gasteiger partial charge is 0.469 e. The number of aliphatic hydroxyl groups is 1. The van der Waals surface area contributed by atoms with Crippen molar-refractivity contribution in [3.05, 3.63) is 52.1 Å². The molecular formula is C12H12BrNO2. The van der Waals surface area contributed by atoms with Gasteiger partial charge < -0.3 is 9.52 Å². The van der Waals surface area contributed by atoms with Crippen LogP contribution in [0.25, 0.3) is 0 Å². The molecule has 1 N–H and O–H groups in total. The second-order valence-electron chi connectivity index (χ2n) is 3.72. The van der Waals surface area contributed by atoms with Crippen molar-refractivity contribution in [2.24, 2.45) is 0 Å². The molecule has 0 fully saturated rings. The Bertz CT molecular complexity index is 481. The van der Waals surface area contributed by atoms with E-state index in [9.17, 15) is 5.11 Å².